The summed E-state index contributed by atoms with van der Waals surface area (Å²) in [6, 6.07) is 3.90. The van der Waals surface area contributed by atoms with Gasteiger partial charge in [0.25, 0.3) is 6.43 Å². The number of nitriles is 1. The van der Waals surface area contributed by atoms with Gasteiger partial charge in [-0.25, -0.2) is 8.78 Å². The van der Waals surface area contributed by atoms with E-state index in [1.54, 1.807) is 13.0 Å². The molecule has 1 aromatic carbocycles. The molecule has 19 heavy (non-hydrogen) atoms. The summed E-state index contributed by atoms with van der Waals surface area (Å²) in [4.78, 5) is 11.4. The second-order valence-electron chi connectivity index (χ2n) is 3.76. The maximum absolute atomic E-state index is 12.8. The van der Waals surface area contributed by atoms with Crippen LogP contribution in [0.5, 0.6) is 0 Å². The van der Waals surface area contributed by atoms with Crippen molar-refractivity contribution in [2.45, 2.75) is 26.4 Å². The number of esters is 1. The SMILES string of the molecule is CCOC(=O)Cc1cc(C(F)F)c(C#N)cc1CO. The first-order valence-electron chi connectivity index (χ1n) is 5.63. The van der Waals surface area contributed by atoms with Gasteiger partial charge >= 0.3 is 5.97 Å². The second kappa shape index (κ2) is 6.81. The van der Waals surface area contributed by atoms with Crippen LogP contribution in [0.1, 0.15) is 35.6 Å². The molecule has 0 aromatic heterocycles. The molecule has 1 aromatic rings. The smallest absolute Gasteiger partial charge is 0.310 e. The van der Waals surface area contributed by atoms with Crippen LogP contribution >= 0.6 is 0 Å². The van der Waals surface area contributed by atoms with Crippen molar-refractivity contribution in [3.8, 4) is 6.07 Å². The van der Waals surface area contributed by atoms with Gasteiger partial charge in [0.2, 0.25) is 0 Å². The minimum Gasteiger partial charge on any atom is -0.466 e. The van der Waals surface area contributed by atoms with Crippen molar-refractivity contribution < 1.29 is 23.4 Å². The van der Waals surface area contributed by atoms with E-state index < -0.39 is 24.6 Å². The lowest BCUT2D eigenvalue weighted by molar-refractivity contribution is -0.142. The van der Waals surface area contributed by atoms with Crippen LogP contribution in [0.2, 0.25) is 0 Å². The summed E-state index contributed by atoms with van der Waals surface area (Å²) in [5.74, 6) is -0.567. The third kappa shape index (κ3) is 3.73. The number of alkyl halides is 2. The lowest BCUT2D eigenvalue weighted by atomic mass is 9.97. The fourth-order valence-electron chi connectivity index (χ4n) is 1.67. The number of halogens is 2. The molecule has 6 heteroatoms. The Bertz CT molecular complexity index is 509. The predicted octanol–water partition coefficient (Wildman–Crippen LogP) is 2.09. The molecule has 4 nitrogen and oxygen atoms in total. The highest BCUT2D eigenvalue weighted by atomic mass is 19.3. The largest absolute Gasteiger partial charge is 0.466 e. The first kappa shape index (κ1) is 15.1. The molecule has 0 fully saturated rings. The van der Waals surface area contributed by atoms with Crippen LogP contribution < -0.4 is 0 Å². The molecule has 0 spiro atoms. The minimum absolute atomic E-state index is 0.186. The number of carbonyl (C=O) groups is 1. The van der Waals surface area contributed by atoms with Crippen molar-refractivity contribution in [1.82, 2.24) is 0 Å². The molecular weight excluding hydrogens is 256 g/mol. The molecule has 0 saturated carbocycles. The van der Waals surface area contributed by atoms with E-state index in [2.05, 4.69) is 0 Å². The molecular formula is C13H13F2NO3. The van der Waals surface area contributed by atoms with Gasteiger partial charge in [0.15, 0.2) is 0 Å². The number of rotatable bonds is 5. The summed E-state index contributed by atoms with van der Waals surface area (Å²) in [7, 11) is 0. The fraction of sp³-hybridized carbons (Fsp3) is 0.385. The molecule has 0 aliphatic rings. The molecule has 1 rings (SSSR count). The number of carbonyl (C=O) groups excluding carboxylic acids is 1. The van der Waals surface area contributed by atoms with Crippen LogP contribution in [-0.4, -0.2) is 17.7 Å². The number of aliphatic hydroxyl groups is 1. The predicted molar refractivity (Wildman–Crippen MR) is 62.4 cm³/mol. The van der Waals surface area contributed by atoms with Gasteiger partial charge in [-0.15, -0.1) is 0 Å². The maximum atomic E-state index is 12.8. The summed E-state index contributed by atoms with van der Waals surface area (Å²) in [5.41, 5.74) is -0.130. The maximum Gasteiger partial charge on any atom is 0.310 e. The highest BCUT2D eigenvalue weighted by Crippen LogP contribution is 2.26. The summed E-state index contributed by atoms with van der Waals surface area (Å²) >= 11 is 0. The molecule has 0 unspecified atom stereocenters. The number of nitrogens with zero attached hydrogens (tertiary/aromatic N) is 1. The number of ether oxygens (including phenoxy) is 1. The number of hydrogen-bond acceptors (Lipinski definition) is 4. The van der Waals surface area contributed by atoms with E-state index in [9.17, 15) is 13.6 Å². The first-order valence-corrected chi connectivity index (χ1v) is 5.63. The highest BCUT2D eigenvalue weighted by molar-refractivity contribution is 5.73. The van der Waals surface area contributed by atoms with E-state index in [0.717, 1.165) is 6.07 Å². The Labute approximate surface area is 109 Å². The quantitative estimate of drug-likeness (QED) is 0.831. The molecule has 0 amide bonds. The summed E-state index contributed by atoms with van der Waals surface area (Å²) in [6.07, 6.45) is -3.03. The molecule has 1 N–H and O–H groups in total. The molecule has 0 heterocycles. The van der Waals surface area contributed by atoms with Crippen LogP contribution in [0, 0.1) is 11.3 Å². The van der Waals surface area contributed by atoms with E-state index in [1.807, 2.05) is 0 Å². The van der Waals surface area contributed by atoms with Crippen molar-refractivity contribution in [2.24, 2.45) is 0 Å². The molecule has 0 atom stereocenters. The van der Waals surface area contributed by atoms with Gasteiger partial charge in [0.1, 0.15) is 0 Å². The van der Waals surface area contributed by atoms with Gasteiger partial charge < -0.3 is 9.84 Å². The molecule has 0 saturated heterocycles. The van der Waals surface area contributed by atoms with Crippen LogP contribution in [0.15, 0.2) is 12.1 Å². The number of aliphatic hydroxyl groups excluding tert-OH is 1. The number of benzene rings is 1. The monoisotopic (exact) mass is 269 g/mol. The number of hydrogen-bond donors (Lipinski definition) is 1. The minimum atomic E-state index is -2.82. The Morgan fingerprint density at radius 3 is 2.63 bits per heavy atom. The standard InChI is InChI=1S/C13H13F2NO3/c1-2-19-12(18)5-8-4-11(13(14)15)9(6-16)3-10(8)7-17/h3-4,13,17H,2,5,7H2,1H3. The van der Waals surface area contributed by atoms with Crippen molar-refractivity contribution in [2.75, 3.05) is 6.61 Å². The zero-order valence-corrected chi connectivity index (χ0v) is 10.3. The Balaban J connectivity index is 3.19. The van der Waals surface area contributed by atoms with E-state index in [-0.39, 0.29) is 29.7 Å². The molecule has 0 bridgehead atoms. The van der Waals surface area contributed by atoms with Gasteiger partial charge in [-0.2, -0.15) is 5.26 Å². The van der Waals surface area contributed by atoms with Crippen molar-refractivity contribution in [3.63, 3.8) is 0 Å². The average Bonchev–Trinajstić information content (AvgIpc) is 2.38. The first-order chi connectivity index (χ1) is 9.03. The van der Waals surface area contributed by atoms with Crippen LogP contribution in [0.4, 0.5) is 8.78 Å². The van der Waals surface area contributed by atoms with E-state index >= 15 is 0 Å². The third-order valence-corrected chi connectivity index (χ3v) is 2.54. The van der Waals surface area contributed by atoms with Crippen molar-refractivity contribution in [1.29, 1.82) is 5.26 Å². The fourth-order valence-corrected chi connectivity index (χ4v) is 1.67. The van der Waals surface area contributed by atoms with Gasteiger partial charge in [0, 0.05) is 5.56 Å². The Hall–Kier alpha value is -2.00. The molecule has 0 aliphatic heterocycles. The molecule has 0 radical (unpaired) electrons. The van der Waals surface area contributed by atoms with Gasteiger partial charge in [-0.3, -0.25) is 4.79 Å². The van der Waals surface area contributed by atoms with E-state index in [1.165, 1.54) is 6.07 Å². The van der Waals surface area contributed by atoms with Crippen molar-refractivity contribution >= 4 is 5.97 Å². The topological polar surface area (TPSA) is 70.3 Å². The highest BCUT2D eigenvalue weighted by Gasteiger charge is 2.18. The molecule has 102 valence electrons. The summed E-state index contributed by atoms with van der Waals surface area (Å²) in [5, 5.41) is 17.9. The Kier molecular flexibility index (Phi) is 5.39. The van der Waals surface area contributed by atoms with Crippen LogP contribution in [-0.2, 0) is 22.6 Å². The van der Waals surface area contributed by atoms with E-state index in [0.29, 0.717) is 0 Å². The molecule has 0 aliphatic carbocycles. The summed E-state index contributed by atoms with van der Waals surface area (Å²) in [6.45, 7) is 1.38. The van der Waals surface area contributed by atoms with Crippen LogP contribution in [0.25, 0.3) is 0 Å². The lowest BCUT2D eigenvalue weighted by Crippen LogP contribution is -2.10. The average molecular weight is 269 g/mol. The zero-order valence-electron chi connectivity index (χ0n) is 10.3. The Morgan fingerprint density at radius 1 is 1.47 bits per heavy atom. The van der Waals surface area contributed by atoms with E-state index in [4.69, 9.17) is 15.1 Å². The van der Waals surface area contributed by atoms with Crippen LogP contribution in [0.3, 0.4) is 0 Å². The van der Waals surface area contributed by atoms with Crippen molar-refractivity contribution in [3.05, 3.63) is 34.4 Å². The second-order valence-corrected chi connectivity index (χ2v) is 3.76. The normalized spacial score (nSPS) is 10.3. The lowest BCUT2D eigenvalue weighted by Gasteiger charge is -2.11. The Morgan fingerprint density at radius 2 is 2.16 bits per heavy atom. The zero-order chi connectivity index (χ0) is 14.4. The van der Waals surface area contributed by atoms with Gasteiger partial charge in [0.05, 0.1) is 31.3 Å². The van der Waals surface area contributed by atoms with Gasteiger partial charge in [-0.05, 0) is 30.2 Å². The third-order valence-electron chi connectivity index (χ3n) is 2.54. The van der Waals surface area contributed by atoms with Gasteiger partial charge in [-0.1, -0.05) is 0 Å². The summed E-state index contributed by atoms with van der Waals surface area (Å²) < 4.78 is 30.3.